The fraction of sp³-hybridized carbons (Fsp3) is 0.862. The molecule has 0 bridgehead atoms. The Balaban J connectivity index is -0.0000000735. The number of aliphatic carboxylic acids is 2. The van der Waals surface area contributed by atoms with Gasteiger partial charge in [-0.25, -0.2) is 4.79 Å². The molecule has 0 saturated heterocycles. The molecule has 5 atom stereocenters. The second-order valence-electron chi connectivity index (χ2n) is 24.0. The van der Waals surface area contributed by atoms with Gasteiger partial charge in [0.15, 0.2) is 0 Å². The number of nitrogens with two attached hydrogens (primary N) is 1. The van der Waals surface area contributed by atoms with Gasteiger partial charge in [0.25, 0.3) is 0 Å². The first kappa shape index (κ1) is 117. The van der Waals surface area contributed by atoms with Crippen LogP contribution in [0.25, 0.3) is 0 Å². The summed E-state index contributed by atoms with van der Waals surface area (Å²) in [7, 11) is 0. The molecule has 0 radical (unpaired) electrons. The van der Waals surface area contributed by atoms with E-state index >= 15 is 0 Å². The second kappa shape index (κ2) is 79.9. The molecule has 0 aromatic heterocycles. The van der Waals surface area contributed by atoms with Gasteiger partial charge in [-0.15, -0.1) is 0 Å². The van der Waals surface area contributed by atoms with Gasteiger partial charge in [-0.2, -0.15) is 0 Å². The van der Waals surface area contributed by atoms with E-state index in [1.54, 1.807) is 41.5 Å². The molecule has 0 aromatic rings. The van der Waals surface area contributed by atoms with E-state index in [0.717, 1.165) is 19.3 Å². The number of esters is 4. The Morgan fingerprint density at radius 2 is 0.755 bits per heavy atom. The minimum atomic E-state index is -0.965. The number of ether oxygens (including phenoxy) is 6. The topological polar surface area (TPSA) is 412 Å². The number of alkyl halides is 1. The van der Waals surface area contributed by atoms with Crippen LogP contribution in [0.15, 0.2) is 0 Å². The van der Waals surface area contributed by atoms with Crippen LogP contribution in [-0.2, 0) is 66.8 Å². The van der Waals surface area contributed by atoms with E-state index in [1.807, 2.05) is 76.2 Å². The molecule has 0 spiro atoms. The van der Waals surface area contributed by atoms with E-state index in [4.69, 9.17) is 30.2 Å². The number of Topliss-reactive ketones (excluding diaryl/α,β-unsaturated/α-hetero) is 2. The van der Waals surface area contributed by atoms with Gasteiger partial charge in [0.1, 0.15) is 18.0 Å². The van der Waals surface area contributed by atoms with Crippen LogP contribution in [-0.4, -0.2) is 154 Å². The number of aliphatic hydroxyl groups is 1. The molecule has 0 amide bonds. The van der Waals surface area contributed by atoms with E-state index in [-0.39, 0.29) is 165 Å². The van der Waals surface area contributed by atoms with Gasteiger partial charge in [0.05, 0.1) is 71.4 Å². The first-order valence-electron chi connectivity index (χ1n) is 31.7. The standard InChI is InChI=1S/C10H19NO4.C9H17BrO2.C9H18O3.C9H16O3.C8H15NO4.C8H17NO2.C6H12O.C5H10O3.CH4.Li.Na.H2O.H/c1-4-15-10(12)6-9(5-8(2)3)7-11(13)14;3*1-4-12-9(11)6-8(10)5-7(2)3;1-6(2)3-7(4-8(10)11)5-9(12)13;1-6(2)3-7(5-9)4-8(10)11;1-5(2)4-6(3)7;1-3-7-5(6)8-4-2;;;;;/h8-9H,4-7H2,1-3H3;7-8H,4-6H2,1-3H3;7-8,10H,4-6H2,1-3H3;7H,4-6H2,1-3H3;6-7H,3-5H2,1-2H3,(H,10,11);6-7H,3-5,9H2,1-2H3,(H,10,11);5H,4H2,1-3H3;3-4H2,1-2H3;1H4;;;1H2;/q;;;;;;;;;2*+1;;-1/p-1/t9-;2*8-;;2*7-;;;;;;;/m010.00......./s1. The fourth-order valence-electron chi connectivity index (χ4n) is 7.87. The molecule has 0 aliphatic carbocycles. The number of carbonyl (C=O) groups is 9. The van der Waals surface area contributed by atoms with Gasteiger partial charge < -0.3 is 61.2 Å². The number of carbonyl (C=O) groups excluding carboxylic acids is 7. The molecule has 552 valence electrons. The minimum Gasteiger partial charge on any atom is -1.00 e. The van der Waals surface area contributed by atoms with Crippen molar-refractivity contribution in [3.05, 3.63) is 20.2 Å². The molecule has 0 heterocycles. The summed E-state index contributed by atoms with van der Waals surface area (Å²) < 4.78 is 27.8. The number of carboxylic acid groups (broad SMARTS) is 2. The zero-order valence-corrected chi connectivity index (χ0v) is 65.0. The molecule has 0 aliphatic heterocycles. The van der Waals surface area contributed by atoms with Gasteiger partial charge in [-0.3, -0.25) is 53.8 Å². The van der Waals surface area contributed by atoms with Crippen LogP contribution in [0, 0.1) is 79.4 Å². The van der Waals surface area contributed by atoms with Gasteiger partial charge in [0, 0.05) is 45.8 Å². The maximum absolute atomic E-state index is 11.2. The number of hydrogen-bond donors (Lipinski definition) is 4. The Morgan fingerprint density at radius 3 is 1.03 bits per heavy atom. The van der Waals surface area contributed by atoms with Crippen molar-refractivity contribution in [2.45, 2.75) is 247 Å². The van der Waals surface area contributed by atoms with E-state index in [2.05, 4.69) is 57.8 Å². The summed E-state index contributed by atoms with van der Waals surface area (Å²) in [4.78, 5) is 116. The molecule has 29 heteroatoms. The third-order valence-corrected chi connectivity index (χ3v) is 11.3. The summed E-state index contributed by atoms with van der Waals surface area (Å²) in [5, 5.41) is 46.8. The van der Waals surface area contributed by atoms with E-state index < -0.39 is 35.1 Å². The van der Waals surface area contributed by atoms with Crippen LogP contribution in [0.5, 0.6) is 0 Å². The van der Waals surface area contributed by atoms with Crippen LogP contribution >= 0.6 is 15.9 Å². The molecule has 0 aliphatic rings. The number of hydrogen-bond acceptors (Lipinski definition) is 22. The van der Waals surface area contributed by atoms with E-state index in [0.29, 0.717) is 120 Å². The summed E-state index contributed by atoms with van der Waals surface area (Å²) in [5.41, 5.74) is 5.41. The molecule has 0 unspecified atom stereocenters. The summed E-state index contributed by atoms with van der Waals surface area (Å²) in [6.45, 7) is 42.7. The Bertz CT molecular complexity index is 1840. The molecule has 0 aromatic carbocycles. The smallest absolute Gasteiger partial charge is 1.00 e. The van der Waals surface area contributed by atoms with Gasteiger partial charge in [-0.05, 0) is 134 Å². The van der Waals surface area contributed by atoms with Crippen LogP contribution < -0.4 is 54.2 Å². The normalized spacial score (nSPS) is 11.4. The van der Waals surface area contributed by atoms with Gasteiger partial charge in [0.2, 0.25) is 13.1 Å². The molecule has 94 heavy (non-hydrogen) atoms. The van der Waals surface area contributed by atoms with Crippen molar-refractivity contribution in [3.8, 4) is 0 Å². The van der Waals surface area contributed by atoms with Crippen molar-refractivity contribution >= 4 is 69.5 Å². The van der Waals surface area contributed by atoms with Crippen molar-refractivity contribution < 1.29 is 152 Å². The largest absolute Gasteiger partial charge is 1.00 e. The molecule has 0 saturated carbocycles. The second-order valence-corrected chi connectivity index (χ2v) is 25.3. The number of aliphatic hydroxyl groups excluding tert-OH is 1. The Kier molecular flexibility index (Phi) is 99.7. The quantitative estimate of drug-likeness (QED) is 0.00895. The predicted octanol–water partition coefficient (Wildman–Crippen LogP) is 7.39. The number of halogens is 1. The van der Waals surface area contributed by atoms with Crippen molar-refractivity contribution in [2.24, 2.45) is 64.9 Å². The van der Waals surface area contributed by atoms with Crippen molar-refractivity contribution in [1.82, 2.24) is 0 Å². The Morgan fingerprint density at radius 1 is 0.457 bits per heavy atom. The van der Waals surface area contributed by atoms with Crippen LogP contribution in [0.3, 0.4) is 0 Å². The maximum Gasteiger partial charge on any atom is 1.00 e. The van der Waals surface area contributed by atoms with Gasteiger partial charge >= 0.3 is 90.4 Å². The number of ketones is 2. The molecule has 0 fully saturated rings. The molecular weight excluding hydrogens is 1300 g/mol. The SMILES string of the molecule is C.CC(=O)CC(C)C.CC(C)C[C@@H](CC(=O)O)C[N+](=O)[O-].CC(C)C[C@H](CN)CC(=O)O.CCOC(=O)CC(=O)CC(C)C.CCOC(=O)C[C@@H](O)CC(C)C.CCOC(=O)C[C@H](Br)CC(C)C.CCOC(=O)C[C@H](CC(C)C)C[N+](=O)[O-].CCOC(=O)OCC.[H-].[Li+].[Na+].[OH-]. The Labute approximate surface area is 609 Å². The van der Waals surface area contributed by atoms with Crippen molar-refractivity contribution in [3.63, 3.8) is 0 Å². The summed E-state index contributed by atoms with van der Waals surface area (Å²) >= 11 is 3.45. The van der Waals surface area contributed by atoms with E-state index in [1.165, 1.54) is 0 Å². The van der Waals surface area contributed by atoms with Crippen LogP contribution in [0.1, 0.15) is 238 Å². The summed E-state index contributed by atoms with van der Waals surface area (Å²) in [6.07, 6.45) is 4.64. The number of rotatable bonds is 37. The van der Waals surface area contributed by atoms with E-state index in [9.17, 15) is 68.5 Å². The number of carboxylic acids is 2. The maximum atomic E-state index is 11.2. The predicted molar refractivity (Wildman–Crippen MR) is 362 cm³/mol. The monoisotopic (exact) mass is 1430 g/mol. The third-order valence-electron chi connectivity index (χ3n) is 10.6. The van der Waals surface area contributed by atoms with Crippen molar-refractivity contribution in [2.75, 3.05) is 59.3 Å². The number of nitrogens with zero attached hydrogens (tertiary/aromatic N) is 2. The number of nitro groups is 2. The average molecular weight is 1430 g/mol. The van der Waals surface area contributed by atoms with Crippen molar-refractivity contribution in [1.29, 1.82) is 0 Å². The zero-order valence-electron chi connectivity index (χ0n) is 62.4. The minimum absolute atomic E-state index is 0. The zero-order chi connectivity index (χ0) is 72.1. The van der Waals surface area contributed by atoms with Crippen LogP contribution in [0.2, 0.25) is 0 Å². The summed E-state index contributed by atoms with van der Waals surface area (Å²) in [6, 6.07) is 0. The molecular formula is C65H130BrLiN3NaO23. The first-order chi connectivity index (χ1) is 41.5. The fourth-order valence-corrected chi connectivity index (χ4v) is 8.88. The van der Waals surface area contributed by atoms with Crippen LogP contribution in [0.4, 0.5) is 4.79 Å². The first-order valence-corrected chi connectivity index (χ1v) is 32.6. The summed E-state index contributed by atoms with van der Waals surface area (Å²) in [5.74, 6) is -0.0100. The molecule has 0 rings (SSSR count). The third kappa shape index (κ3) is 115. The molecule has 26 nitrogen and oxygen atoms in total. The molecule has 6 N–H and O–H groups in total. The average Bonchev–Trinajstić information content (AvgIpc) is 3.40. The Hall–Kier alpha value is -3.81. The van der Waals surface area contributed by atoms with Gasteiger partial charge in [-0.1, -0.05) is 120 Å².